The predicted octanol–water partition coefficient (Wildman–Crippen LogP) is 0.0758. The summed E-state index contributed by atoms with van der Waals surface area (Å²) in [5, 5.41) is 11.6. The van der Waals surface area contributed by atoms with E-state index in [1.165, 1.54) is 6.42 Å². The Labute approximate surface area is 181 Å². The van der Waals surface area contributed by atoms with Crippen molar-refractivity contribution in [1.82, 2.24) is 0 Å². The lowest BCUT2D eigenvalue weighted by Crippen LogP contribution is -3.00. The Bertz CT molecular complexity index is 938. The second kappa shape index (κ2) is 6.16. The molecule has 2 heterocycles. The first-order valence-corrected chi connectivity index (χ1v) is 10.4. The maximum atomic E-state index is 13.4. The Morgan fingerprint density at radius 1 is 0.931 bits per heavy atom. The predicted molar refractivity (Wildman–Crippen MR) is 105 cm³/mol. The minimum atomic E-state index is -1.71. The summed E-state index contributed by atoms with van der Waals surface area (Å²) >= 11 is 0. The molecule has 152 valence electrons. The van der Waals surface area contributed by atoms with E-state index in [2.05, 4.69) is 14.1 Å². The van der Waals surface area contributed by atoms with Gasteiger partial charge in [0.05, 0.1) is 26.2 Å². The molecule has 2 bridgehead atoms. The summed E-state index contributed by atoms with van der Waals surface area (Å²) in [7, 11) is 4.66. The van der Waals surface area contributed by atoms with Crippen LogP contribution in [0.3, 0.4) is 0 Å². The van der Waals surface area contributed by atoms with Crippen LogP contribution in [0.15, 0.2) is 48.5 Å². The van der Waals surface area contributed by atoms with Crippen LogP contribution in [0.4, 0.5) is 0 Å². The van der Waals surface area contributed by atoms with E-state index < -0.39 is 11.6 Å². The van der Waals surface area contributed by atoms with E-state index in [9.17, 15) is 9.90 Å². The van der Waals surface area contributed by atoms with Crippen molar-refractivity contribution < 1.29 is 36.1 Å². The summed E-state index contributed by atoms with van der Waals surface area (Å²) in [5.41, 5.74) is 1.40. The molecule has 0 spiro atoms. The summed E-state index contributed by atoms with van der Waals surface area (Å²) in [6.45, 7) is 0. The van der Waals surface area contributed by atoms with E-state index in [-0.39, 0.29) is 23.1 Å². The number of halogens is 1. The third kappa shape index (κ3) is 2.41. The van der Waals surface area contributed by atoms with E-state index >= 15 is 0 Å². The van der Waals surface area contributed by atoms with E-state index in [1.54, 1.807) is 0 Å². The van der Waals surface area contributed by atoms with Gasteiger partial charge in [-0.05, 0) is 17.5 Å². The highest BCUT2D eigenvalue weighted by molar-refractivity contribution is 5.96. The molecule has 3 fully saturated rings. The number of fused-ring (bicyclic) bond motifs is 8. The first-order valence-electron chi connectivity index (χ1n) is 10.4. The van der Waals surface area contributed by atoms with Gasteiger partial charge in [0.2, 0.25) is 5.60 Å². The summed E-state index contributed by atoms with van der Waals surface area (Å²) in [6.07, 6.45) is 3.08. The fraction of sp³-hybridized carbons (Fsp3) is 0.458. The number of carbonyl (C=O) groups is 1. The minimum absolute atomic E-state index is 0. The molecule has 2 aliphatic heterocycles. The van der Waals surface area contributed by atoms with Gasteiger partial charge in [-0.25, -0.2) is 4.79 Å². The van der Waals surface area contributed by atoms with E-state index in [0.29, 0.717) is 23.2 Å². The number of ether oxygens (including phenoxy) is 1. The molecule has 2 aromatic rings. The third-order valence-corrected chi connectivity index (χ3v) is 8.09. The van der Waals surface area contributed by atoms with Crippen molar-refractivity contribution >= 4 is 5.97 Å². The molecule has 29 heavy (non-hydrogen) atoms. The zero-order valence-electron chi connectivity index (χ0n) is 16.7. The van der Waals surface area contributed by atoms with Gasteiger partial charge in [0.15, 0.2) is 0 Å². The monoisotopic (exact) mass is 455 g/mol. The largest absolute Gasteiger partial charge is 1.00 e. The molecule has 0 aromatic heterocycles. The summed E-state index contributed by atoms with van der Waals surface area (Å²) < 4.78 is 7.10. The van der Waals surface area contributed by atoms with Crippen LogP contribution in [0.2, 0.25) is 0 Å². The van der Waals surface area contributed by atoms with Crippen LogP contribution < -0.4 is 17.0 Å². The quantitative estimate of drug-likeness (QED) is 0.515. The number of piperidine rings is 2. The van der Waals surface area contributed by atoms with Gasteiger partial charge in [-0.2, -0.15) is 0 Å². The topological polar surface area (TPSA) is 46.5 Å². The van der Waals surface area contributed by atoms with Crippen molar-refractivity contribution in [2.45, 2.75) is 43.1 Å². The van der Waals surface area contributed by atoms with Crippen LogP contribution in [-0.2, 0) is 15.1 Å². The number of benzene rings is 2. The van der Waals surface area contributed by atoms with Crippen LogP contribution in [0, 0.1) is 11.8 Å². The maximum absolute atomic E-state index is 13.4. The number of esters is 1. The lowest BCUT2D eigenvalue weighted by atomic mass is 9.90. The Kier molecular flexibility index (Phi) is 4.10. The first kappa shape index (κ1) is 19.3. The molecule has 1 N–H and O–H groups in total. The summed E-state index contributed by atoms with van der Waals surface area (Å²) in [4.78, 5) is 13.4. The molecule has 5 heteroatoms. The van der Waals surface area contributed by atoms with Gasteiger partial charge >= 0.3 is 5.97 Å². The number of nitrogens with zero attached hydrogens (tertiary/aromatic N) is 1. The highest BCUT2D eigenvalue weighted by Crippen LogP contribution is 2.61. The van der Waals surface area contributed by atoms with Gasteiger partial charge in [0.25, 0.3) is 0 Å². The molecular formula is C24H26BrNO3. The Morgan fingerprint density at radius 2 is 1.41 bits per heavy atom. The van der Waals surface area contributed by atoms with Crippen molar-refractivity contribution in [2.75, 3.05) is 14.1 Å². The smallest absolute Gasteiger partial charge is 0.348 e. The van der Waals surface area contributed by atoms with Crippen LogP contribution in [0.25, 0.3) is 11.1 Å². The number of aliphatic hydroxyl groups is 1. The molecule has 5 atom stereocenters. The maximum Gasteiger partial charge on any atom is 0.348 e. The Balaban J connectivity index is 0.00000181. The normalized spacial score (nSPS) is 33.7. The van der Waals surface area contributed by atoms with Crippen molar-refractivity contribution in [1.29, 1.82) is 0 Å². The number of carbonyl (C=O) groups excluding carboxylic acids is 1. The lowest BCUT2D eigenvalue weighted by molar-refractivity contribution is -0.937. The molecule has 4 nitrogen and oxygen atoms in total. The fourth-order valence-corrected chi connectivity index (χ4v) is 6.65. The zero-order chi connectivity index (χ0) is 19.3. The fourth-order valence-electron chi connectivity index (χ4n) is 6.65. The van der Waals surface area contributed by atoms with E-state index in [4.69, 9.17) is 4.74 Å². The van der Waals surface area contributed by atoms with Gasteiger partial charge in [0.1, 0.15) is 6.10 Å². The third-order valence-electron chi connectivity index (χ3n) is 8.09. The van der Waals surface area contributed by atoms with Gasteiger partial charge in [0, 0.05) is 35.8 Å². The summed E-state index contributed by atoms with van der Waals surface area (Å²) in [5.74, 6) is 1.09. The number of hydrogen-bond acceptors (Lipinski definition) is 3. The van der Waals surface area contributed by atoms with Gasteiger partial charge in [-0.3, -0.25) is 0 Å². The van der Waals surface area contributed by atoms with E-state index in [1.807, 2.05) is 48.5 Å². The van der Waals surface area contributed by atoms with Crippen LogP contribution >= 0.6 is 0 Å². The average Bonchev–Trinajstić information content (AvgIpc) is 3.40. The molecule has 0 amide bonds. The highest BCUT2D eigenvalue weighted by atomic mass is 79.9. The van der Waals surface area contributed by atoms with Crippen LogP contribution in [0.5, 0.6) is 0 Å². The summed E-state index contributed by atoms with van der Waals surface area (Å²) in [6, 6.07) is 16.4. The first-order chi connectivity index (χ1) is 13.4. The standard InChI is InChI=1S/C24H26NO3.BrH/c1-25(2)21-11-14(12-22(25)18-13-17(18)21)28-23(26)24(27)19-9-5-3-7-15(19)16-8-4-6-10-20(16)24;/h3-10,14,17-18,21-22,27H,11-13H2,1-2H3;1H/q+1;/p-1/t14?,17-,18?,21-,22?;/m0./s1. The molecule has 1 saturated carbocycles. The molecular weight excluding hydrogens is 430 g/mol. The Hall–Kier alpha value is -1.69. The molecule has 4 aliphatic rings. The lowest BCUT2D eigenvalue weighted by Gasteiger charge is -2.46. The van der Waals surface area contributed by atoms with E-state index in [0.717, 1.165) is 40.3 Å². The second-order valence-electron chi connectivity index (χ2n) is 9.63. The molecule has 2 aliphatic carbocycles. The molecule has 0 radical (unpaired) electrons. The van der Waals surface area contributed by atoms with Crippen molar-refractivity contribution in [3.8, 4) is 11.1 Å². The van der Waals surface area contributed by atoms with Crippen molar-refractivity contribution in [3.63, 3.8) is 0 Å². The average molecular weight is 456 g/mol. The number of rotatable bonds is 2. The zero-order valence-corrected chi connectivity index (χ0v) is 18.3. The Morgan fingerprint density at radius 3 is 1.93 bits per heavy atom. The number of hydrogen-bond donors (Lipinski definition) is 1. The molecule has 6 rings (SSSR count). The van der Waals surface area contributed by atoms with Crippen LogP contribution in [0.1, 0.15) is 30.4 Å². The van der Waals surface area contributed by atoms with Crippen molar-refractivity contribution in [3.05, 3.63) is 59.7 Å². The molecule has 2 aromatic carbocycles. The molecule has 2 saturated heterocycles. The number of quaternary nitrogens is 1. The van der Waals surface area contributed by atoms with Crippen LogP contribution in [-0.4, -0.2) is 47.8 Å². The van der Waals surface area contributed by atoms with Gasteiger partial charge in [-0.15, -0.1) is 0 Å². The van der Waals surface area contributed by atoms with Gasteiger partial charge < -0.3 is 31.3 Å². The SMILES string of the molecule is C[N+]1(C)C2CC(OC(=O)C3(O)c4ccccc4-c4ccccc43)C[C@H]1[C@H]1CC21.[Br-]. The van der Waals surface area contributed by atoms with Crippen molar-refractivity contribution in [2.24, 2.45) is 11.8 Å². The minimum Gasteiger partial charge on any atom is -1.00 e. The van der Waals surface area contributed by atoms with Gasteiger partial charge in [-0.1, -0.05) is 48.5 Å². The molecule has 3 unspecified atom stereocenters. The highest BCUT2D eigenvalue weighted by Gasteiger charge is 2.68. The second-order valence-corrected chi connectivity index (χ2v) is 9.63.